The molecule has 0 spiro atoms. The lowest BCUT2D eigenvalue weighted by Crippen LogP contribution is -2.10. The van der Waals surface area contributed by atoms with Crippen molar-refractivity contribution in [1.29, 1.82) is 0 Å². The standard InChI is InChI=1S/C11H12F3NO.2ClH/c12-11(13,14)9-6-4-8(5-7-9)2-1-3-10(15)16;;/h4-7H,1-3H2,(H2,15,16);2*1H. The van der Waals surface area contributed by atoms with Crippen LogP contribution in [-0.4, -0.2) is 5.91 Å². The molecule has 2 N–H and O–H groups in total. The third-order valence-corrected chi connectivity index (χ3v) is 2.17. The summed E-state index contributed by atoms with van der Waals surface area (Å²) in [6.45, 7) is 0. The molecule has 104 valence electrons. The van der Waals surface area contributed by atoms with Crippen LogP contribution >= 0.6 is 24.8 Å². The Kier molecular flexibility index (Phi) is 8.85. The van der Waals surface area contributed by atoms with Gasteiger partial charge in [0.25, 0.3) is 0 Å². The molecule has 0 unspecified atom stereocenters. The van der Waals surface area contributed by atoms with Crippen molar-refractivity contribution in [2.24, 2.45) is 5.73 Å². The second kappa shape index (κ2) is 8.21. The zero-order valence-electron chi connectivity index (χ0n) is 9.37. The second-order valence-electron chi connectivity index (χ2n) is 3.51. The van der Waals surface area contributed by atoms with E-state index in [2.05, 4.69) is 0 Å². The van der Waals surface area contributed by atoms with Crippen molar-refractivity contribution in [3.05, 3.63) is 35.4 Å². The topological polar surface area (TPSA) is 43.1 Å². The van der Waals surface area contributed by atoms with Gasteiger partial charge in [0.05, 0.1) is 5.56 Å². The van der Waals surface area contributed by atoms with Gasteiger partial charge in [-0.15, -0.1) is 24.8 Å². The van der Waals surface area contributed by atoms with Crippen molar-refractivity contribution in [2.45, 2.75) is 25.4 Å². The number of rotatable bonds is 4. The summed E-state index contributed by atoms with van der Waals surface area (Å²) in [5.74, 6) is -0.396. The predicted molar refractivity (Wildman–Crippen MR) is 68.1 cm³/mol. The molecule has 1 amide bonds. The molecule has 0 fully saturated rings. The van der Waals surface area contributed by atoms with Gasteiger partial charge in [0.15, 0.2) is 0 Å². The van der Waals surface area contributed by atoms with Crippen molar-refractivity contribution < 1.29 is 18.0 Å². The summed E-state index contributed by atoms with van der Waals surface area (Å²) in [6, 6.07) is 4.92. The number of benzene rings is 1. The molecular formula is C11H14Cl2F3NO. The number of primary amides is 1. The number of aryl methyl sites for hydroxylation is 1. The number of carbonyl (C=O) groups is 1. The van der Waals surface area contributed by atoms with Gasteiger partial charge in [0.1, 0.15) is 0 Å². The van der Waals surface area contributed by atoms with Crippen LogP contribution in [0.5, 0.6) is 0 Å². The SMILES string of the molecule is Cl.Cl.NC(=O)CCCc1ccc(C(F)(F)F)cc1. The molecule has 0 bridgehead atoms. The van der Waals surface area contributed by atoms with E-state index in [0.29, 0.717) is 12.8 Å². The fraction of sp³-hybridized carbons (Fsp3) is 0.364. The Hall–Kier alpha value is -0.940. The molecule has 7 heteroatoms. The average Bonchev–Trinajstić information content (AvgIpc) is 2.16. The van der Waals surface area contributed by atoms with Gasteiger partial charge in [-0.3, -0.25) is 4.79 Å². The van der Waals surface area contributed by atoms with Crippen LogP contribution in [0.4, 0.5) is 13.2 Å². The van der Waals surface area contributed by atoms with E-state index in [-0.39, 0.29) is 31.2 Å². The summed E-state index contributed by atoms with van der Waals surface area (Å²) in [5, 5.41) is 0. The van der Waals surface area contributed by atoms with Crippen LogP contribution in [0.25, 0.3) is 0 Å². The first-order valence-electron chi connectivity index (χ1n) is 4.84. The monoisotopic (exact) mass is 303 g/mol. The predicted octanol–water partition coefficient (Wildman–Crippen LogP) is 3.36. The molecule has 0 heterocycles. The fourth-order valence-electron chi connectivity index (χ4n) is 1.33. The van der Waals surface area contributed by atoms with Gasteiger partial charge in [-0.25, -0.2) is 0 Å². The number of hydrogen-bond donors (Lipinski definition) is 1. The first-order chi connectivity index (χ1) is 7.39. The Morgan fingerprint density at radius 1 is 1.11 bits per heavy atom. The third-order valence-electron chi connectivity index (χ3n) is 2.17. The average molecular weight is 304 g/mol. The summed E-state index contributed by atoms with van der Waals surface area (Å²) in [6.07, 6.45) is -2.94. The van der Waals surface area contributed by atoms with E-state index in [4.69, 9.17) is 5.73 Å². The van der Waals surface area contributed by atoms with E-state index in [9.17, 15) is 18.0 Å². The molecule has 1 aromatic carbocycles. The Labute approximate surface area is 116 Å². The lowest BCUT2D eigenvalue weighted by atomic mass is 10.1. The molecule has 0 saturated heterocycles. The zero-order chi connectivity index (χ0) is 12.2. The minimum atomic E-state index is -4.30. The molecule has 0 radical (unpaired) electrons. The molecule has 0 aliphatic heterocycles. The third kappa shape index (κ3) is 6.71. The van der Waals surface area contributed by atoms with Gasteiger partial charge in [0, 0.05) is 6.42 Å². The normalized spacial score (nSPS) is 10.2. The number of alkyl halides is 3. The Morgan fingerprint density at radius 3 is 2.00 bits per heavy atom. The fourth-order valence-corrected chi connectivity index (χ4v) is 1.33. The van der Waals surface area contributed by atoms with Crippen LogP contribution in [0.15, 0.2) is 24.3 Å². The van der Waals surface area contributed by atoms with E-state index in [1.807, 2.05) is 0 Å². The van der Waals surface area contributed by atoms with E-state index >= 15 is 0 Å². The Bertz CT molecular complexity index is 366. The van der Waals surface area contributed by atoms with Crippen molar-refractivity contribution in [2.75, 3.05) is 0 Å². The van der Waals surface area contributed by atoms with Crippen LogP contribution in [0.2, 0.25) is 0 Å². The first-order valence-corrected chi connectivity index (χ1v) is 4.84. The Morgan fingerprint density at radius 2 is 1.61 bits per heavy atom. The van der Waals surface area contributed by atoms with Gasteiger partial charge in [-0.05, 0) is 30.5 Å². The van der Waals surface area contributed by atoms with Crippen LogP contribution in [-0.2, 0) is 17.4 Å². The maximum atomic E-state index is 12.2. The highest BCUT2D eigenvalue weighted by atomic mass is 35.5. The van der Waals surface area contributed by atoms with Crippen LogP contribution in [0.1, 0.15) is 24.0 Å². The largest absolute Gasteiger partial charge is 0.416 e. The van der Waals surface area contributed by atoms with Crippen molar-refractivity contribution >= 4 is 30.7 Å². The molecule has 2 nitrogen and oxygen atoms in total. The quantitative estimate of drug-likeness (QED) is 0.910. The summed E-state index contributed by atoms with van der Waals surface area (Å²) < 4.78 is 36.6. The van der Waals surface area contributed by atoms with E-state index in [1.54, 1.807) is 0 Å². The van der Waals surface area contributed by atoms with Gasteiger partial charge in [0.2, 0.25) is 5.91 Å². The Balaban J connectivity index is 0. The summed E-state index contributed by atoms with van der Waals surface area (Å²) in [5.41, 5.74) is 5.06. The van der Waals surface area contributed by atoms with Crippen LogP contribution in [0.3, 0.4) is 0 Å². The lowest BCUT2D eigenvalue weighted by Gasteiger charge is -2.07. The minimum Gasteiger partial charge on any atom is -0.370 e. The van der Waals surface area contributed by atoms with Crippen LogP contribution in [0, 0.1) is 0 Å². The number of amides is 1. The maximum absolute atomic E-state index is 12.2. The van der Waals surface area contributed by atoms with Gasteiger partial charge in [-0.1, -0.05) is 12.1 Å². The molecule has 0 aliphatic rings. The smallest absolute Gasteiger partial charge is 0.370 e. The highest BCUT2D eigenvalue weighted by molar-refractivity contribution is 5.85. The number of hydrogen-bond acceptors (Lipinski definition) is 1. The lowest BCUT2D eigenvalue weighted by molar-refractivity contribution is -0.137. The highest BCUT2D eigenvalue weighted by Gasteiger charge is 2.29. The van der Waals surface area contributed by atoms with Crippen LogP contribution < -0.4 is 5.73 Å². The number of carbonyl (C=O) groups excluding carboxylic acids is 1. The zero-order valence-corrected chi connectivity index (χ0v) is 11.0. The highest BCUT2D eigenvalue weighted by Crippen LogP contribution is 2.29. The molecule has 0 aromatic heterocycles. The summed E-state index contributed by atoms with van der Waals surface area (Å²) >= 11 is 0. The van der Waals surface area contributed by atoms with Gasteiger partial charge < -0.3 is 5.73 Å². The molecule has 0 aliphatic carbocycles. The van der Waals surface area contributed by atoms with Crippen molar-refractivity contribution in [1.82, 2.24) is 0 Å². The number of nitrogens with two attached hydrogens (primary N) is 1. The van der Waals surface area contributed by atoms with E-state index < -0.39 is 17.6 Å². The molecule has 0 saturated carbocycles. The molecule has 1 rings (SSSR count). The number of halogens is 5. The maximum Gasteiger partial charge on any atom is 0.416 e. The van der Waals surface area contributed by atoms with Gasteiger partial charge >= 0.3 is 6.18 Å². The minimum absolute atomic E-state index is 0. The van der Waals surface area contributed by atoms with Crippen molar-refractivity contribution in [3.63, 3.8) is 0 Å². The first kappa shape index (κ1) is 19.4. The molecule has 18 heavy (non-hydrogen) atoms. The molecule has 0 atom stereocenters. The van der Waals surface area contributed by atoms with E-state index in [1.165, 1.54) is 12.1 Å². The summed E-state index contributed by atoms with van der Waals surface area (Å²) in [7, 11) is 0. The molecular weight excluding hydrogens is 290 g/mol. The summed E-state index contributed by atoms with van der Waals surface area (Å²) in [4.78, 5) is 10.4. The van der Waals surface area contributed by atoms with Crippen molar-refractivity contribution in [3.8, 4) is 0 Å². The second-order valence-corrected chi connectivity index (χ2v) is 3.51. The van der Waals surface area contributed by atoms with Gasteiger partial charge in [-0.2, -0.15) is 13.2 Å². The molecule has 1 aromatic rings. The van der Waals surface area contributed by atoms with E-state index in [0.717, 1.165) is 17.7 Å².